The molecule has 0 aromatic rings. The highest BCUT2D eigenvalue weighted by atomic mass is 16.7. The topological polar surface area (TPSA) is 169 Å². The molecule has 2 rings (SSSR count). The second-order valence-electron chi connectivity index (χ2n) is 5.51. The van der Waals surface area contributed by atoms with Crippen LogP contribution in [0.5, 0.6) is 0 Å². The number of aliphatic hydroxyl groups excluding tert-OH is 7. The molecule has 7 N–H and O–H groups in total. The fourth-order valence-electron chi connectivity index (χ4n) is 2.50. The second kappa shape index (κ2) is 7.01. The van der Waals surface area contributed by atoms with Gasteiger partial charge in [0.1, 0.15) is 42.7 Å². The van der Waals surface area contributed by atoms with Gasteiger partial charge < -0.3 is 50.0 Å². The molecule has 130 valence electrons. The van der Waals surface area contributed by atoms with Crippen LogP contribution in [0.25, 0.3) is 0 Å². The third kappa shape index (κ3) is 3.26. The Bertz CT molecular complexity index is 366. The van der Waals surface area contributed by atoms with Crippen molar-refractivity contribution >= 4 is 0 Å². The molecule has 22 heavy (non-hydrogen) atoms. The highest BCUT2D eigenvalue weighted by Crippen LogP contribution is 2.28. The maximum absolute atomic E-state index is 9.92. The molecule has 0 spiro atoms. The zero-order chi connectivity index (χ0) is 16.6. The molecule has 0 unspecified atom stereocenters. The lowest BCUT2D eigenvalue weighted by atomic mass is 9.98. The molecule has 0 saturated carbocycles. The van der Waals surface area contributed by atoms with Crippen LogP contribution in [-0.4, -0.2) is 104 Å². The highest BCUT2D eigenvalue weighted by molar-refractivity contribution is 4.92. The first-order chi connectivity index (χ1) is 10.3. The predicted octanol–water partition coefficient (Wildman–Crippen LogP) is -4.37. The summed E-state index contributed by atoms with van der Waals surface area (Å²) in [5.41, 5.74) is 0. The SMILES string of the molecule is C[C@H]1O[C@H](O)[C@@H](O[C@@H]2O[C@H](CO)[C@H](O)[C@H](O)[C@H]2O)[C@@H](O)[C@@H]1O. The number of ether oxygens (including phenoxy) is 3. The molecule has 10 atom stereocenters. The van der Waals surface area contributed by atoms with Crippen LogP contribution in [0.4, 0.5) is 0 Å². The third-order valence-corrected chi connectivity index (χ3v) is 3.94. The Hall–Kier alpha value is -0.400. The lowest BCUT2D eigenvalue weighted by Crippen LogP contribution is -2.63. The molecular formula is C12H22O10. The van der Waals surface area contributed by atoms with Crippen LogP contribution in [0.3, 0.4) is 0 Å². The fraction of sp³-hybridized carbons (Fsp3) is 1.00. The van der Waals surface area contributed by atoms with E-state index in [4.69, 9.17) is 19.3 Å². The van der Waals surface area contributed by atoms with Gasteiger partial charge in [0.2, 0.25) is 0 Å². The van der Waals surface area contributed by atoms with E-state index in [0.717, 1.165) is 0 Å². The van der Waals surface area contributed by atoms with Crippen molar-refractivity contribution in [3.63, 3.8) is 0 Å². The van der Waals surface area contributed by atoms with Crippen molar-refractivity contribution in [1.29, 1.82) is 0 Å². The van der Waals surface area contributed by atoms with E-state index >= 15 is 0 Å². The standard InChI is InChI=1S/C12H22O10/c1-3-5(14)8(17)10(11(19)20-3)22-12-9(18)7(16)6(15)4(2-13)21-12/h3-19H,2H2,1H3/t3-,4-,5-,6+,7+,8+,9-,10+,11+,12+/m1/s1. The molecule has 0 aromatic heterocycles. The van der Waals surface area contributed by atoms with E-state index in [9.17, 15) is 30.6 Å². The molecule has 0 radical (unpaired) electrons. The normalized spacial score (nSPS) is 53.5. The molecule has 0 aromatic carbocycles. The highest BCUT2D eigenvalue weighted by Gasteiger charge is 2.49. The lowest BCUT2D eigenvalue weighted by molar-refractivity contribution is -0.359. The number of hydrogen-bond acceptors (Lipinski definition) is 10. The van der Waals surface area contributed by atoms with Crippen LogP contribution in [0.15, 0.2) is 0 Å². The molecule has 2 heterocycles. The van der Waals surface area contributed by atoms with Gasteiger partial charge in [0.15, 0.2) is 12.6 Å². The van der Waals surface area contributed by atoms with E-state index in [-0.39, 0.29) is 0 Å². The van der Waals surface area contributed by atoms with Crippen molar-refractivity contribution < 1.29 is 50.0 Å². The van der Waals surface area contributed by atoms with Crippen molar-refractivity contribution in [2.75, 3.05) is 6.61 Å². The van der Waals surface area contributed by atoms with Gasteiger partial charge in [0, 0.05) is 0 Å². The summed E-state index contributed by atoms with van der Waals surface area (Å²) in [6, 6.07) is 0. The van der Waals surface area contributed by atoms with Crippen molar-refractivity contribution in [2.45, 2.75) is 68.3 Å². The van der Waals surface area contributed by atoms with E-state index in [1.54, 1.807) is 0 Å². The smallest absolute Gasteiger partial charge is 0.187 e. The van der Waals surface area contributed by atoms with Crippen molar-refractivity contribution in [3.05, 3.63) is 0 Å². The van der Waals surface area contributed by atoms with Crippen LogP contribution in [0.2, 0.25) is 0 Å². The van der Waals surface area contributed by atoms with E-state index in [1.165, 1.54) is 6.92 Å². The van der Waals surface area contributed by atoms with Gasteiger partial charge in [-0.2, -0.15) is 0 Å². The first-order valence-corrected chi connectivity index (χ1v) is 6.93. The Kier molecular flexibility index (Phi) is 5.72. The second-order valence-corrected chi connectivity index (χ2v) is 5.51. The van der Waals surface area contributed by atoms with Gasteiger partial charge in [0.05, 0.1) is 12.7 Å². The molecule has 2 aliphatic heterocycles. The molecule has 2 saturated heterocycles. The molecular weight excluding hydrogens is 304 g/mol. The van der Waals surface area contributed by atoms with Crippen molar-refractivity contribution in [2.24, 2.45) is 0 Å². The fourth-order valence-corrected chi connectivity index (χ4v) is 2.50. The summed E-state index contributed by atoms with van der Waals surface area (Å²) in [5, 5.41) is 67.6. The maximum Gasteiger partial charge on any atom is 0.187 e. The Morgan fingerprint density at radius 3 is 2.05 bits per heavy atom. The third-order valence-electron chi connectivity index (χ3n) is 3.94. The quantitative estimate of drug-likeness (QED) is 0.269. The predicted molar refractivity (Wildman–Crippen MR) is 67.2 cm³/mol. The lowest BCUT2D eigenvalue weighted by Gasteiger charge is -2.44. The monoisotopic (exact) mass is 326 g/mol. The molecule has 0 aliphatic carbocycles. The number of rotatable bonds is 3. The van der Waals surface area contributed by atoms with E-state index in [2.05, 4.69) is 0 Å². The summed E-state index contributed by atoms with van der Waals surface area (Å²) in [5.74, 6) is 0. The van der Waals surface area contributed by atoms with Crippen LogP contribution in [0, 0.1) is 0 Å². The summed E-state index contributed by atoms with van der Waals surface area (Å²) >= 11 is 0. The molecule has 0 bridgehead atoms. The van der Waals surface area contributed by atoms with Gasteiger partial charge in [-0.1, -0.05) is 0 Å². The first-order valence-electron chi connectivity index (χ1n) is 6.93. The Labute approximate surface area is 126 Å². The van der Waals surface area contributed by atoms with Crippen LogP contribution in [0.1, 0.15) is 6.92 Å². The maximum atomic E-state index is 9.92. The van der Waals surface area contributed by atoms with Crippen molar-refractivity contribution in [1.82, 2.24) is 0 Å². The van der Waals surface area contributed by atoms with Crippen LogP contribution < -0.4 is 0 Å². The minimum atomic E-state index is -1.69. The van der Waals surface area contributed by atoms with Crippen LogP contribution >= 0.6 is 0 Å². The van der Waals surface area contributed by atoms with E-state index in [0.29, 0.717) is 0 Å². The summed E-state index contributed by atoms with van der Waals surface area (Å²) in [6.07, 6.45) is -14.4. The summed E-state index contributed by atoms with van der Waals surface area (Å²) in [7, 11) is 0. The van der Waals surface area contributed by atoms with Gasteiger partial charge in [-0.3, -0.25) is 0 Å². The molecule has 10 nitrogen and oxygen atoms in total. The number of aliphatic hydroxyl groups is 7. The summed E-state index contributed by atoms with van der Waals surface area (Å²) in [4.78, 5) is 0. The average molecular weight is 326 g/mol. The molecule has 0 amide bonds. The van der Waals surface area contributed by atoms with Gasteiger partial charge in [-0.25, -0.2) is 0 Å². The average Bonchev–Trinajstić information content (AvgIpc) is 2.49. The minimum absolute atomic E-state index is 0.642. The first kappa shape index (κ1) is 17.9. The molecule has 2 fully saturated rings. The van der Waals surface area contributed by atoms with Crippen LogP contribution in [-0.2, 0) is 14.2 Å². The van der Waals surface area contributed by atoms with E-state index in [1.807, 2.05) is 0 Å². The Morgan fingerprint density at radius 2 is 1.45 bits per heavy atom. The van der Waals surface area contributed by atoms with Crippen molar-refractivity contribution in [3.8, 4) is 0 Å². The zero-order valence-corrected chi connectivity index (χ0v) is 11.8. The number of hydrogen-bond donors (Lipinski definition) is 7. The summed E-state index contributed by atoms with van der Waals surface area (Å²) < 4.78 is 15.3. The van der Waals surface area contributed by atoms with Gasteiger partial charge in [-0.05, 0) is 6.92 Å². The summed E-state index contributed by atoms with van der Waals surface area (Å²) in [6.45, 7) is 0.803. The zero-order valence-electron chi connectivity index (χ0n) is 11.8. The molecule has 10 heteroatoms. The van der Waals surface area contributed by atoms with Gasteiger partial charge in [0.25, 0.3) is 0 Å². The largest absolute Gasteiger partial charge is 0.394 e. The van der Waals surface area contributed by atoms with Gasteiger partial charge in [-0.15, -0.1) is 0 Å². The minimum Gasteiger partial charge on any atom is -0.394 e. The Balaban J connectivity index is 2.08. The van der Waals surface area contributed by atoms with Gasteiger partial charge >= 0.3 is 0 Å². The van der Waals surface area contributed by atoms with E-state index < -0.39 is 68.0 Å². The molecule has 2 aliphatic rings. The Morgan fingerprint density at radius 1 is 0.818 bits per heavy atom.